The predicted molar refractivity (Wildman–Crippen MR) is 119 cm³/mol. The molecule has 31 heavy (non-hydrogen) atoms. The summed E-state index contributed by atoms with van der Waals surface area (Å²) in [5.41, 5.74) is 7.52. The van der Waals surface area contributed by atoms with Crippen LogP contribution in [0.1, 0.15) is 16.1 Å². The number of rotatable bonds is 5. The van der Waals surface area contributed by atoms with Crippen LogP contribution < -0.4 is 25.6 Å². The van der Waals surface area contributed by atoms with Crippen molar-refractivity contribution in [2.24, 2.45) is 0 Å². The van der Waals surface area contributed by atoms with E-state index in [4.69, 9.17) is 21.1 Å². The number of carbonyl (C=O) groups is 2. The third-order valence-corrected chi connectivity index (χ3v) is 4.65. The number of benzene rings is 2. The molecule has 0 atom stereocenters. The second-order valence-corrected chi connectivity index (χ2v) is 6.88. The van der Waals surface area contributed by atoms with Gasteiger partial charge in [0.15, 0.2) is 11.5 Å². The minimum atomic E-state index is -0.594. The van der Waals surface area contributed by atoms with E-state index in [1.807, 2.05) is 12.1 Å². The molecule has 2 aromatic carbocycles. The quantitative estimate of drug-likeness (QED) is 0.516. The molecule has 3 amide bonds. The highest BCUT2D eigenvalue weighted by atomic mass is 35.5. The number of aromatic nitrogens is 1. The van der Waals surface area contributed by atoms with Crippen molar-refractivity contribution in [1.82, 2.24) is 15.8 Å². The number of methoxy groups -OCH3 is 2. The first-order chi connectivity index (χ1) is 14.9. The third-order valence-electron chi connectivity index (χ3n) is 4.40. The van der Waals surface area contributed by atoms with Crippen molar-refractivity contribution < 1.29 is 19.1 Å². The first-order valence-corrected chi connectivity index (χ1v) is 9.62. The van der Waals surface area contributed by atoms with Crippen LogP contribution in [-0.2, 0) is 0 Å². The van der Waals surface area contributed by atoms with Gasteiger partial charge in [0.25, 0.3) is 5.91 Å². The molecule has 0 aliphatic heterocycles. The van der Waals surface area contributed by atoms with E-state index in [9.17, 15) is 9.59 Å². The molecule has 8 nitrogen and oxygen atoms in total. The summed E-state index contributed by atoms with van der Waals surface area (Å²) < 4.78 is 10.6. The van der Waals surface area contributed by atoms with Gasteiger partial charge in [-0.05, 0) is 61.5 Å². The lowest BCUT2D eigenvalue weighted by Gasteiger charge is -2.12. The topological polar surface area (TPSA) is 102 Å². The van der Waals surface area contributed by atoms with Crippen LogP contribution in [0.4, 0.5) is 10.5 Å². The number of urea groups is 1. The Kier molecular flexibility index (Phi) is 6.94. The summed E-state index contributed by atoms with van der Waals surface area (Å²) in [6.45, 7) is 1.72. The van der Waals surface area contributed by atoms with Gasteiger partial charge in [-0.15, -0.1) is 0 Å². The lowest BCUT2D eigenvalue weighted by molar-refractivity contribution is 0.0937. The number of halogens is 1. The molecule has 0 unspecified atom stereocenters. The van der Waals surface area contributed by atoms with Crippen LogP contribution in [-0.4, -0.2) is 31.1 Å². The predicted octanol–water partition coefficient (Wildman–Crippen LogP) is 4.19. The maximum atomic E-state index is 12.5. The molecule has 0 aliphatic carbocycles. The van der Waals surface area contributed by atoms with Crippen molar-refractivity contribution in [1.29, 1.82) is 0 Å². The van der Waals surface area contributed by atoms with E-state index in [0.29, 0.717) is 39.2 Å². The van der Waals surface area contributed by atoms with Gasteiger partial charge in [-0.2, -0.15) is 0 Å². The second kappa shape index (κ2) is 9.82. The van der Waals surface area contributed by atoms with Gasteiger partial charge < -0.3 is 14.8 Å². The second-order valence-electron chi connectivity index (χ2n) is 6.44. The summed E-state index contributed by atoms with van der Waals surface area (Å²) in [5, 5.41) is 3.13. The Labute approximate surface area is 184 Å². The number of anilines is 1. The fraction of sp³-hybridized carbons (Fsp3) is 0.136. The van der Waals surface area contributed by atoms with E-state index in [-0.39, 0.29) is 0 Å². The number of carbonyl (C=O) groups excluding carboxylic acids is 2. The summed E-state index contributed by atoms with van der Waals surface area (Å²) in [7, 11) is 3.13. The average Bonchev–Trinajstić information content (AvgIpc) is 2.78. The Morgan fingerprint density at radius 1 is 0.903 bits per heavy atom. The van der Waals surface area contributed by atoms with Crippen molar-refractivity contribution in [2.75, 3.05) is 19.5 Å². The van der Waals surface area contributed by atoms with Crippen LogP contribution in [0, 0.1) is 6.92 Å². The molecule has 9 heteroatoms. The number of hydrogen-bond donors (Lipinski definition) is 3. The van der Waals surface area contributed by atoms with Gasteiger partial charge in [-0.3, -0.25) is 15.2 Å². The fourth-order valence-electron chi connectivity index (χ4n) is 2.83. The van der Waals surface area contributed by atoms with Crippen LogP contribution in [0.5, 0.6) is 11.5 Å². The number of hydrazine groups is 1. The summed E-state index contributed by atoms with van der Waals surface area (Å²) in [4.78, 5) is 28.9. The Balaban J connectivity index is 1.66. The number of pyridine rings is 1. The molecule has 0 bridgehead atoms. The monoisotopic (exact) mass is 440 g/mol. The van der Waals surface area contributed by atoms with Gasteiger partial charge in [0, 0.05) is 16.3 Å². The van der Waals surface area contributed by atoms with E-state index < -0.39 is 11.9 Å². The van der Waals surface area contributed by atoms with Gasteiger partial charge in [0.05, 0.1) is 31.2 Å². The van der Waals surface area contributed by atoms with Gasteiger partial charge in [-0.1, -0.05) is 11.6 Å². The van der Waals surface area contributed by atoms with E-state index >= 15 is 0 Å². The van der Waals surface area contributed by atoms with Crippen LogP contribution in [0.25, 0.3) is 11.3 Å². The van der Waals surface area contributed by atoms with Crippen molar-refractivity contribution >= 4 is 29.2 Å². The first-order valence-electron chi connectivity index (χ1n) is 9.24. The van der Waals surface area contributed by atoms with Crippen LogP contribution in [0.15, 0.2) is 54.6 Å². The maximum Gasteiger partial charge on any atom is 0.337 e. The summed E-state index contributed by atoms with van der Waals surface area (Å²) in [6, 6.07) is 14.8. The SMILES string of the molecule is COc1ccc(-c2ccc(C(=O)NNC(=O)Nc3ccc(Cl)cc3)c(C)n2)cc1OC. The molecule has 0 radical (unpaired) electrons. The summed E-state index contributed by atoms with van der Waals surface area (Å²) in [5.74, 6) is 0.703. The first kappa shape index (κ1) is 21.9. The van der Waals surface area contributed by atoms with Crippen molar-refractivity contribution in [3.63, 3.8) is 0 Å². The summed E-state index contributed by atoms with van der Waals surface area (Å²) >= 11 is 5.81. The summed E-state index contributed by atoms with van der Waals surface area (Å²) in [6.07, 6.45) is 0. The van der Waals surface area contributed by atoms with E-state index in [0.717, 1.165) is 5.56 Å². The molecule has 3 rings (SSSR count). The van der Waals surface area contributed by atoms with E-state index in [1.54, 1.807) is 63.6 Å². The van der Waals surface area contributed by atoms with Crippen molar-refractivity contribution in [3.8, 4) is 22.8 Å². The highest BCUT2D eigenvalue weighted by Gasteiger charge is 2.14. The highest BCUT2D eigenvalue weighted by molar-refractivity contribution is 6.30. The minimum absolute atomic E-state index is 0.330. The molecule has 0 aliphatic rings. The Bertz CT molecular complexity index is 1100. The minimum Gasteiger partial charge on any atom is -0.493 e. The van der Waals surface area contributed by atoms with E-state index in [2.05, 4.69) is 21.2 Å². The number of aryl methyl sites for hydroxylation is 1. The van der Waals surface area contributed by atoms with Gasteiger partial charge in [-0.25, -0.2) is 10.2 Å². The molecule has 160 valence electrons. The van der Waals surface area contributed by atoms with Gasteiger partial charge in [0.1, 0.15) is 0 Å². The number of amides is 3. The standard InChI is InChI=1S/C22H21ClN4O4/c1-13-17(21(28)26-27-22(29)25-16-7-5-15(23)6-8-16)9-10-18(24-13)14-4-11-19(30-2)20(12-14)31-3/h4-12H,1-3H3,(H,26,28)(H2,25,27,29). The normalized spacial score (nSPS) is 10.2. The Hall–Kier alpha value is -3.78. The largest absolute Gasteiger partial charge is 0.493 e. The molecule has 1 aromatic heterocycles. The maximum absolute atomic E-state index is 12.5. The van der Waals surface area contributed by atoms with Crippen LogP contribution in [0.3, 0.4) is 0 Å². The van der Waals surface area contributed by atoms with Crippen molar-refractivity contribution in [3.05, 3.63) is 70.9 Å². The molecular formula is C22H21ClN4O4. The number of ether oxygens (including phenoxy) is 2. The smallest absolute Gasteiger partial charge is 0.337 e. The molecule has 0 spiro atoms. The number of nitrogens with one attached hydrogen (secondary N) is 3. The molecule has 0 saturated carbocycles. The molecule has 0 fully saturated rings. The lowest BCUT2D eigenvalue weighted by atomic mass is 10.1. The Morgan fingerprint density at radius 2 is 1.61 bits per heavy atom. The molecule has 3 aromatic rings. The molecule has 0 saturated heterocycles. The Morgan fingerprint density at radius 3 is 2.26 bits per heavy atom. The number of nitrogens with zero attached hydrogens (tertiary/aromatic N) is 1. The molecule has 3 N–H and O–H groups in total. The zero-order valence-corrected chi connectivity index (χ0v) is 17.9. The average molecular weight is 441 g/mol. The lowest BCUT2D eigenvalue weighted by Crippen LogP contribution is -2.44. The van der Waals surface area contributed by atoms with E-state index in [1.165, 1.54) is 0 Å². The third kappa shape index (κ3) is 5.43. The zero-order chi connectivity index (χ0) is 22.4. The highest BCUT2D eigenvalue weighted by Crippen LogP contribution is 2.31. The van der Waals surface area contributed by atoms with Gasteiger partial charge in [0.2, 0.25) is 0 Å². The van der Waals surface area contributed by atoms with Crippen molar-refractivity contribution in [2.45, 2.75) is 6.92 Å². The zero-order valence-electron chi connectivity index (χ0n) is 17.2. The molecular weight excluding hydrogens is 420 g/mol. The van der Waals surface area contributed by atoms with Gasteiger partial charge >= 0.3 is 6.03 Å². The van der Waals surface area contributed by atoms with Crippen LogP contribution >= 0.6 is 11.6 Å². The van der Waals surface area contributed by atoms with Crippen LogP contribution in [0.2, 0.25) is 5.02 Å². The molecule has 1 heterocycles. The number of hydrogen-bond acceptors (Lipinski definition) is 5. The fourth-order valence-corrected chi connectivity index (χ4v) is 2.96.